The summed E-state index contributed by atoms with van der Waals surface area (Å²) in [6.45, 7) is 3.71. The molecule has 2 atom stereocenters. The number of thioether (sulfide) groups is 1. The van der Waals surface area contributed by atoms with Gasteiger partial charge in [0.2, 0.25) is 5.91 Å². The highest BCUT2D eigenvalue weighted by Gasteiger charge is 2.22. The second kappa shape index (κ2) is 9.73. The molecular formula is C21H22Cl2N4O2S. The van der Waals surface area contributed by atoms with Gasteiger partial charge in [-0.2, -0.15) is 0 Å². The first-order valence-corrected chi connectivity index (χ1v) is 10.9. The van der Waals surface area contributed by atoms with Crippen molar-refractivity contribution in [3.63, 3.8) is 0 Å². The van der Waals surface area contributed by atoms with Crippen molar-refractivity contribution in [2.45, 2.75) is 30.3 Å². The number of ether oxygens (including phenoxy) is 1. The van der Waals surface area contributed by atoms with Crippen LogP contribution in [-0.4, -0.2) is 33.0 Å². The van der Waals surface area contributed by atoms with Crippen LogP contribution in [0.5, 0.6) is 5.75 Å². The number of rotatable bonds is 7. The molecule has 0 aliphatic rings. The zero-order chi connectivity index (χ0) is 21.8. The Labute approximate surface area is 189 Å². The van der Waals surface area contributed by atoms with Gasteiger partial charge in [-0.3, -0.25) is 4.79 Å². The molecule has 1 heterocycles. The van der Waals surface area contributed by atoms with Crippen LogP contribution in [0.25, 0.3) is 11.4 Å². The molecule has 2 aromatic carbocycles. The van der Waals surface area contributed by atoms with Gasteiger partial charge in [0, 0.05) is 22.7 Å². The van der Waals surface area contributed by atoms with Crippen LogP contribution in [0.2, 0.25) is 10.0 Å². The molecule has 0 fully saturated rings. The van der Waals surface area contributed by atoms with Crippen molar-refractivity contribution >= 4 is 40.9 Å². The van der Waals surface area contributed by atoms with Crippen molar-refractivity contribution in [2.75, 3.05) is 7.11 Å². The zero-order valence-electron chi connectivity index (χ0n) is 17.0. The van der Waals surface area contributed by atoms with Crippen LogP contribution in [0.4, 0.5) is 0 Å². The quantitative estimate of drug-likeness (QED) is 0.489. The number of benzene rings is 2. The summed E-state index contributed by atoms with van der Waals surface area (Å²) in [6, 6.07) is 12.6. The van der Waals surface area contributed by atoms with E-state index in [1.807, 2.05) is 55.8 Å². The third-order valence-corrected chi connectivity index (χ3v) is 6.32. The second-order valence-corrected chi connectivity index (χ2v) is 8.90. The Morgan fingerprint density at radius 3 is 2.47 bits per heavy atom. The summed E-state index contributed by atoms with van der Waals surface area (Å²) >= 11 is 13.5. The van der Waals surface area contributed by atoms with Gasteiger partial charge in [0.05, 0.1) is 18.4 Å². The Kier molecular flexibility index (Phi) is 7.28. The number of amides is 1. The lowest BCUT2D eigenvalue weighted by Gasteiger charge is -2.18. The smallest absolute Gasteiger partial charge is 0.233 e. The number of carbonyl (C=O) groups excluding carboxylic acids is 1. The SMILES string of the molecule is COc1ccc(-c2nnc(S[C@@H](C)C(=O)N[C@H](C)c3ccc(Cl)cc3Cl)n2C)cc1. The molecule has 0 aliphatic carbocycles. The molecule has 1 N–H and O–H groups in total. The average molecular weight is 465 g/mol. The normalized spacial score (nSPS) is 13.0. The van der Waals surface area contributed by atoms with Gasteiger partial charge in [-0.1, -0.05) is 41.0 Å². The van der Waals surface area contributed by atoms with Gasteiger partial charge in [0.15, 0.2) is 11.0 Å². The monoisotopic (exact) mass is 464 g/mol. The van der Waals surface area contributed by atoms with E-state index in [4.69, 9.17) is 27.9 Å². The van der Waals surface area contributed by atoms with Gasteiger partial charge in [-0.25, -0.2) is 0 Å². The van der Waals surface area contributed by atoms with Crippen LogP contribution >= 0.6 is 35.0 Å². The predicted molar refractivity (Wildman–Crippen MR) is 121 cm³/mol. The largest absolute Gasteiger partial charge is 0.497 e. The standard InChI is InChI=1S/C21H22Cl2N4O2S/c1-12(17-10-7-15(22)11-18(17)23)24-20(28)13(2)30-21-26-25-19(27(21)3)14-5-8-16(29-4)9-6-14/h5-13H,1-4H3,(H,24,28)/t12-,13+/m1/s1. The lowest BCUT2D eigenvalue weighted by atomic mass is 10.1. The van der Waals surface area contributed by atoms with Crippen molar-refractivity contribution < 1.29 is 9.53 Å². The number of hydrogen-bond acceptors (Lipinski definition) is 5. The van der Waals surface area contributed by atoms with Gasteiger partial charge in [0.25, 0.3) is 0 Å². The fourth-order valence-corrected chi connectivity index (χ4v) is 4.28. The van der Waals surface area contributed by atoms with Gasteiger partial charge in [-0.15, -0.1) is 10.2 Å². The highest BCUT2D eigenvalue weighted by molar-refractivity contribution is 8.00. The first kappa shape index (κ1) is 22.5. The van der Waals surface area contributed by atoms with E-state index in [1.54, 1.807) is 19.2 Å². The fraction of sp³-hybridized carbons (Fsp3) is 0.286. The predicted octanol–water partition coefficient (Wildman–Crippen LogP) is 5.16. The Hall–Kier alpha value is -2.22. The fourth-order valence-electron chi connectivity index (χ4n) is 2.88. The molecule has 0 unspecified atom stereocenters. The van der Waals surface area contributed by atoms with E-state index in [1.165, 1.54) is 11.8 Å². The molecule has 3 rings (SSSR count). The van der Waals surface area contributed by atoms with Crippen molar-refractivity contribution in [2.24, 2.45) is 7.05 Å². The molecule has 9 heteroatoms. The minimum absolute atomic E-state index is 0.118. The van der Waals surface area contributed by atoms with E-state index in [9.17, 15) is 4.79 Å². The number of carbonyl (C=O) groups is 1. The van der Waals surface area contributed by atoms with E-state index in [-0.39, 0.29) is 17.2 Å². The minimum atomic E-state index is -0.370. The van der Waals surface area contributed by atoms with Crippen molar-refractivity contribution in [3.05, 3.63) is 58.1 Å². The molecule has 0 radical (unpaired) electrons. The number of nitrogens with zero attached hydrogens (tertiary/aromatic N) is 3. The van der Waals surface area contributed by atoms with Gasteiger partial charge in [-0.05, 0) is 55.8 Å². The highest BCUT2D eigenvalue weighted by Crippen LogP contribution is 2.29. The van der Waals surface area contributed by atoms with Crippen LogP contribution in [0.1, 0.15) is 25.5 Å². The number of hydrogen-bond donors (Lipinski definition) is 1. The van der Waals surface area contributed by atoms with E-state index >= 15 is 0 Å². The first-order valence-electron chi connectivity index (χ1n) is 9.26. The molecule has 1 aromatic heterocycles. The summed E-state index contributed by atoms with van der Waals surface area (Å²) in [7, 11) is 3.50. The van der Waals surface area contributed by atoms with Crippen molar-refractivity contribution in [1.82, 2.24) is 20.1 Å². The Morgan fingerprint density at radius 1 is 1.13 bits per heavy atom. The summed E-state index contributed by atoms with van der Waals surface area (Å²) < 4.78 is 7.06. The molecular weight excluding hydrogens is 443 g/mol. The van der Waals surface area contributed by atoms with E-state index in [0.29, 0.717) is 21.0 Å². The molecule has 0 aliphatic heterocycles. The first-order chi connectivity index (χ1) is 14.3. The minimum Gasteiger partial charge on any atom is -0.497 e. The summed E-state index contributed by atoms with van der Waals surface area (Å²) in [4.78, 5) is 12.7. The zero-order valence-corrected chi connectivity index (χ0v) is 19.3. The molecule has 1 amide bonds. The van der Waals surface area contributed by atoms with E-state index in [0.717, 1.165) is 16.9 Å². The maximum atomic E-state index is 12.7. The summed E-state index contributed by atoms with van der Waals surface area (Å²) in [5.74, 6) is 1.37. The van der Waals surface area contributed by atoms with Crippen molar-refractivity contribution in [3.8, 4) is 17.1 Å². The average Bonchev–Trinajstić information content (AvgIpc) is 3.08. The Morgan fingerprint density at radius 2 is 1.83 bits per heavy atom. The number of methoxy groups -OCH3 is 1. The molecule has 158 valence electrons. The van der Waals surface area contributed by atoms with Gasteiger partial charge in [0.1, 0.15) is 5.75 Å². The number of aromatic nitrogens is 3. The lowest BCUT2D eigenvalue weighted by Crippen LogP contribution is -2.33. The molecule has 6 nitrogen and oxygen atoms in total. The van der Waals surface area contributed by atoms with Crippen LogP contribution in [0.15, 0.2) is 47.6 Å². The van der Waals surface area contributed by atoms with Crippen LogP contribution in [-0.2, 0) is 11.8 Å². The van der Waals surface area contributed by atoms with Gasteiger partial charge < -0.3 is 14.6 Å². The highest BCUT2D eigenvalue weighted by atomic mass is 35.5. The van der Waals surface area contributed by atoms with Gasteiger partial charge >= 0.3 is 0 Å². The summed E-state index contributed by atoms with van der Waals surface area (Å²) in [5.41, 5.74) is 1.73. The summed E-state index contributed by atoms with van der Waals surface area (Å²) in [6.07, 6.45) is 0. The van der Waals surface area contributed by atoms with Crippen LogP contribution in [0.3, 0.4) is 0 Å². The molecule has 0 spiro atoms. The second-order valence-electron chi connectivity index (χ2n) is 6.75. The third-order valence-electron chi connectivity index (χ3n) is 4.62. The Balaban J connectivity index is 1.67. The number of nitrogens with one attached hydrogen (secondary N) is 1. The Bertz CT molecular complexity index is 1040. The molecule has 0 bridgehead atoms. The molecule has 0 saturated carbocycles. The molecule has 0 saturated heterocycles. The maximum Gasteiger partial charge on any atom is 0.233 e. The van der Waals surface area contributed by atoms with Crippen molar-refractivity contribution in [1.29, 1.82) is 0 Å². The molecule has 3 aromatic rings. The summed E-state index contributed by atoms with van der Waals surface area (Å²) in [5, 5.41) is 12.9. The lowest BCUT2D eigenvalue weighted by molar-refractivity contribution is -0.120. The van der Waals surface area contributed by atoms with Crippen LogP contribution in [0, 0.1) is 0 Å². The maximum absolute atomic E-state index is 12.7. The third kappa shape index (κ3) is 5.09. The molecule has 30 heavy (non-hydrogen) atoms. The number of halogens is 2. The van der Waals surface area contributed by atoms with E-state index in [2.05, 4.69) is 15.5 Å². The topological polar surface area (TPSA) is 69.0 Å². The van der Waals surface area contributed by atoms with E-state index < -0.39 is 0 Å². The van der Waals surface area contributed by atoms with Crippen LogP contribution < -0.4 is 10.1 Å².